The summed E-state index contributed by atoms with van der Waals surface area (Å²) in [6.45, 7) is 14.1. The molecule has 0 unspecified atom stereocenters. The summed E-state index contributed by atoms with van der Waals surface area (Å²) in [5.41, 5.74) is 1.98. The van der Waals surface area contributed by atoms with Crippen molar-refractivity contribution in [3.8, 4) is 5.75 Å². The summed E-state index contributed by atoms with van der Waals surface area (Å²) in [7, 11) is 1.96. The number of aryl methyl sites for hydroxylation is 2. The van der Waals surface area contributed by atoms with Crippen LogP contribution in [0.15, 0.2) is 23.2 Å². The van der Waals surface area contributed by atoms with E-state index in [1.807, 2.05) is 25.5 Å². The van der Waals surface area contributed by atoms with E-state index in [2.05, 4.69) is 66.7 Å². The van der Waals surface area contributed by atoms with Crippen LogP contribution in [0.3, 0.4) is 0 Å². The monoisotopic (exact) mass is 500 g/mol. The molecule has 2 aromatic rings. The van der Waals surface area contributed by atoms with Crippen LogP contribution in [-0.2, 0) is 20.1 Å². The quantitative estimate of drug-likeness (QED) is 0.361. The minimum absolute atomic E-state index is 0. The molecule has 0 radical (unpaired) electrons. The van der Waals surface area contributed by atoms with Gasteiger partial charge in [-0.1, -0.05) is 12.1 Å². The maximum Gasteiger partial charge on any atom is 0.191 e. The van der Waals surface area contributed by atoms with E-state index in [0.29, 0.717) is 13.1 Å². The van der Waals surface area contributed by atoms with Crippen LogP contribution in [0.1, 0.15) is 50.5 Å². The molecule has 0 atom stereocenters. The number of hydrogen-bond donors (Lipinski definition) is 2. The van der Waals surface area contributed by atoms with E-state index in [9.17, 15) is 0 Å². The maximum atomic E-state index is 6.12. The molecule has 1 aromatic carbocycles. The first-order chi connectivity index (χ1) is 12.7. The summed E-state index contributed by atoms with van der Waals surface area (Å²) in [5.74, 6) is 3.37. The summed E-state index contributed by atoms with van der Waals surface area (Å²) in [5, 5.41) is 14.8. The van der Waals surface area contributed by atoms with Crippen molar-refractivity contribution in [1.29, 1.82) is 0 Å². The highest BCUT2D eigenvalue weighted by Gasteiger charge is 2.15. The van der Waals surface area contributed by atoms with Gasteiger partial charge < -0.3 is 19.9 Å². The van der Waals surface area contributed by atoms with Gasteiger partial charge in [-0.15, -0.1) is 34.2 Å². The van der Waals surface area contributed by atoms with Crippen molar-refractivity contribution >= 4 is 29.9 Å². The molecule has 0 aliphatic heterocycles. The van der Waals surface area contributed by atoms with E-state index in [0.717, 1.165) is 35.5 Å². The van der Waals surface area contributed by atoms with Crippen molar-refractivity contribution in [2.75, 3.05) is 6.54 Å². The second-order valence-electron chi connectivity index (χ2n) is 7.60. The number of ether oxygens (including phenoxy) is 1. The Morgan fingerprint density at radius 1 is 1.18 bits per heavy atom. The first-order valence-electron chi connectivity index (χ1n) is 9.35. The van der Waals surface area contributed by atoms with Gasteiger partial charge in [-0.25, -0.2) is 4.99 Å². The van der Waals surface area contributed by atoms with E-state index in [1.54, 1.807) is 0 Å². The summed E-state index contributed by atoms with van der Waals surface area (Å²) >= 11 is 0. The van der Waals surface area contributed by atoms with E-state index >= 15 is 0 Å². The van der Waals surface area contributed by atoms with Gasteiger partial charge in [0.15, 0.2) is 11.8 Å². The normalized spacial score (nSPS) is 11.8. The van der Waals surface area contributed by atoms with Crippen LogP contribution in [0.5, 0.6) is 5.75 Å². The zero-order chi connectivity index (χ0) is 20.0. The fourth-order valence-electron chi connectivity index (χ4n) is 2.49. The molecule has 0 aliphatic carbocycles. The molecule has 1 aromatic heterocycles. The molecule has 156 valence electrons. The molecule has 0 amide bonds. The summed E-state index contributed by atoms with van der Waals surface area (Å²) in [6, 6.07) is 6.23. The maximum absolute atomic E-state index is 6.12. The minimum Gasteiger partial charge on any atom is -0.488 e. The van der Waals surface area contributed by atoms with E-state index in [-0.39, 0.29) is 29.6 Å². The highest BCUT2D eigenvalue weighted by atomic mass is 127. The van der Waals surface area contributed by atoms with Crippen molar-refractivity contribution in [2.45, 2.75) is 60.2 Å². The molecular weight excluding hydrogens is 467 g/mol. The Balaban J connectivity index is 0.00000392. The number of nitrogens with one attached hydrogen (secondary N) is 2. The fraction of sp³-hybridized carbons (Fsp3) is 0.550. The van der Waals surface area contributed by atoms with Gasteiger partial charge in [0.2, 0.25) is 0 Å². The van der Waals surface area contributed by atoms with Crippen molar-refractivity contribution < 1.29 is 4.74 Å². The lowest BCUT2D eigenvalue weighted by Gasteiger charge is -2.23. The molecular formula is C20H33IN6O. The van der Waals surface area contributed by atoms with Crippen LogP contribution in [0.4, 0.5) is 0 Å². The van der Waals surface area contributed by atoms with Crippen molar-refractivity contribution in [1.82, 2.24) is 25.4 Å². The average molecular weight is 500 g/mol. The van der Waals surface area contributed by atoms with Crippen LogP contribution >= 0.6 is 24.0 Å². The van der Waals surface area contributed by atoms with E-state index in [1.165, 1.54) is 5.56 Å². The standard InChI is InChI=1S/C20H32N6O.HI/c1-8-21-19(23-13-18-25-24-15(3)26(18)7)22-12-16-10-9-14(2)11-17(16)27-20(4,5)6;/h9-11H,8,12-13H2,1-7H3,(H2,21,22,23);1H. The van der Waals surface area contributed by atoms with Crippen LogP contribution in [0.2, 0.25) is 0 Å². The van der Waals surface area contributed by atoms with Crippen LogP contribution < -0.4 is 15.4 Å². The Morgan fingerprint density at radius 2 is 1.89 bits per heavy atom. The number of benzene rings is 1. The topological polar surface area (TPSA) is 76.4 Å². The molecule has 28 heavy (non-hydrogen) atoms. The predicted octanol–water partition coefficient (Wildman–Crippen LogP) is 3.48. The molecule has 0 spiro atoms. The molecule has 0 fully saturated rings. The number of halogens is 1. The molecule has 0 aliphatic rings. The molecule has 7 nitrogen and oxygen atoms in total. The largest absolute Gasteiger partial charge is 0.488 e. The van der Waals surface area contributed by atoms with Gasteiger partial charge in [-0.3, -0.25) is 0 Å². The minimum atomic E-state index is -0.252. The van der Waals surface area contributed by atoms with Gasteiger partial charge in [0.05, 0.1) is 13.1 Å². The number of nitrogens with zero attached hydrogens (tertiary/aromatic N) is 4. The number of guanidine groups is 1. The van der Waals surface area contributed by atoms with E-state index < -0.39 is 0 Å². The lowest BCUT2D eigenvalue weighted by Crippen LogP contribution is -2.37. The van der Waals surface area contributed by atoms with Crippen molar-refractivity contribution in [2.24, 2.45) is 12.0 Å². The summed E-state index contributed by atoms with van der Waals surface area (Å²) < 4.78 is 8.09. The number of aliphatic imine (C=N–C) groups is 1. The Kier molecular flexibility index (Phi) is 9.19. The Labute approximate surface area is 185 Å². The SMILES string of the molecule is CCNC(=NCc1ccc(C)cc1OC(C)(C)C)NCc1nnc(C)n1C.I. The second kappa shape index (κ2) is 10.6. The molecule has 1 heterocycles. The lowest BCUT2D eigenvalue weighted by molar-refractivity contribution is 0.129. The number of hydrogen-bond acceptors (Lipinski definition) is 4. The van der Waals surface area contributed by atoms with Crippen LogP contribution in [-0.4, -0.2) is 32.9 Å². The van der Waals surface area contributed by atoms with Gasteiger partial charge in [-0.2, -0.15) is 0 Å². The molecule has 0 bridgehead atoms. The third kappa shape index (κ3) is 7.29. The Bertz CT molecular complexity index is 794. The van der Waals surface area contributed by atoms with Crippen LogP contribution in [0, 0.1) is 13.8 Å². The zero-order valence-corrected chi connectivity index (χ0v) is 20.3. The third-order valence-corrected chi connectivity index (χ3v) is 3.99. The molecule has 8 heteroatoms. The van der Waals surface area contributed by atoms with Crippen molar-refractivity contribution in [3.05, 3.63) is 41.0 Å². The van der Waals surface area contributed by atoms with Gasteiger partial charge in [-0.05, 0) is 53.2 Å². The van der Waals surface area contributed by atoms with Crippen molar-refractivity contribution in [3.63, 3.8) is 0 Å². The summed E-state index contributed by atoms with van der Waals surface area (Å²) in [4.78, 5) is 4.71. The van der Waals surface area contributed by atoms with E-state index in [4.69, 9.17) is 9.73 Å². The Hall–Kier alpha value is -1.84. The summed E-state index contributed by atoms with van der Waals surface area (Å²) in [6.07, 6.45) is 0. The third-order valence-electron chi connectivity index (χ3n) is 3.99. The number of aromatic nitrogens is 3. The predicted molar refractivity (Wildman–Crippen MR) is 124 cm³/mol. The Morgan fingerprint density at radius 3 is 2.46 bits per heavy atom. The smallest absolute Gasteiger partial charge is 0.191 e. The fourth-order valence-corrected chi connectivity index (χ4v) is 2.49. The van der Waals surface area contributed by atoms with Crippen LogP contribution in [0.25, 0.3) is 0 Å². The molecule has 2 rings (SSSR count). The zero-order valence-electron chi connectivity index (χ0n) is 18.0. The van der Waals surface area contributed by atoms with Gasteiger partial charge in [0, 0.05) is 19.2 Å². The molecule has 0 saturated heterocycles. The van der Waals surface area contributed by atoms with Gasteiger partial charge in [0.1, 0.15) is 17.2 Å². The van der Waals surface area contributed by atoms with Gasteiger partial charge >= 0.3 is 0 Å². The highest BCUT2D eigenvalue weighted by molar-refractivity contribution is 14.0. The highest BCUT2D eigenvalue weighted by Crippen LogP contribution is 2.25. The second-order valence-corrected chi connectivity index (χ2v) is 7.60. The van der Waals surface area contributed by atoms with Gasteiger partial charge in [0.25, 0.3) is 0 Å². The molecule has 2 N–H and O–H groups in total. The first-order valence-corrected chi connectivity index (χ1v) is 9.35. The average Bonchev–Trinajstić information content (AvgIpc) is 2.89. The first kappa shape index (κ1) is 24.2. The molecule has 0 saturated carbocycles. The number of rotatable bonds is 6. The lowest BCUT2D eigenvalue weighted by atomic mass is 10.1.